The third-order valence-electron chi connectivity index (χ3n) is 4.46. The Bertz CT molecular complexity index is 1130. The van der Waals surface area contributed by atoms with E-state index in [2.05, 4.69) is 15.5 Å². The standard InChI is InChI=1S/C24H18ClN3O/c25-20-13-11-17(12-14-20)16-26-28-24(29)23-21(18-7-3-1-4-8-18)15-22(27-23)19-9-5-2-6-10-19/h1-16,27H,(H,28,29)/b26-16+. The predicted molar refractivity (Wildman–Crippen MR) is 118 cm³/mol. The maximum absolute atomic E-state index is 12.9. The molecule has 0 aliphatic rings. The van der Waals surface area contributed by atoms with Crippen LogP contribution in [0.2, 0.25) is 5.02 Å². The second-order valence-electron chi connectivity index (χ2n) is 6.45. The lowest BCUT2D eigenvalue weighted by atomic mass is 10.0. The molecule has 0 spiro atoms. The van der Waals surface area contributed by atoms with E-state index >= 15 is 0 Å². The van der Waals surface area contributed by atoms with Crippen LogP contribution in [0.5, 0.6) is 0 Å². The van der Waals surface area contributed by atoms with Gasteiger partial charge in [0.05, 0.1) is 6.21 Å². The lowest BCUT2D eigenvalue weighted by molar-refractivity contribution is 0.0951. The summed E-state index contributed by atoms with van der Waals surface area (Å²) >= 11 is 5.89. The summed E-state index contributed by atoms with van der Waals surface area (Å²) in [5.41, 5.74) is 7.57. The number of nitrogens with zero attached hydrogens (tertiary/aromatic N) is 1. The number of H-pyrrole nitrogens is 1. The molecule has 0 saturated heterocycles. The summed E-state index contributed by atoms with van der Waals surface area (Å²) in [7, 11) is 0. The molecule has 2 N–H and O–H groups in total. The van der Waals surface area contributed by atoms with Crippen LogP contribution in [-0.2, 0) is 0 Å². The first-order valence-corrected chi connectivity index (χ1v) is 9.51. The molecule has 142 valence electrons. The fourth-order valence-electron chi connectivity index (χ4n) is 3.02. The summed E-state index contributed by atoms with van der Waals surface area (Å²) in [5.74, 6) is -0.309. The molecule has 5 heteroatoms. The maximum Gasteiger partial charge on any atom is 0.288 e. The molecule has 4 nitrogen and oxygen atoms in total. The van der Waals surface area contributed by atoms with Crippen molar-refractivity contribution in [2.24, 2.45) is 5.10 Å². The molecular formula is C24H18ClN3O. The fourth-order valence-corrected chi connectivity index (χ4v) is 3.15. The number of amides is 1. The molecule has 4 rings (SSSR count). The van der Waals surface area contributed by atoms with Gasteiger partial charge in [0, 0.05) is 16.3 Å². The Labute approximate surface area is 173 Å². The van der Waals surface area contributed by atoms with Gasteiger partial charge in [0.2, 0.25) is 0 Å². The van der Waals surface area contributed by atoms with Crippen LogP contribution in [0.3, 0.4) is 0 Å². The highest BCUT2D eigenvalue weighted by Gasteiger charge is 2.17. The van der Waals surface area contributed by atoms with E-state index in [0.29, 0.717) is 10.7 Å². The number of rotatable bonds is 5. The van der Waals surface area contributed by atoms with Crippen LogP contribution in [-0.4, -0.2) is 17.1 Å². The summed E-state index contributed by atoms with van der Waals surface area (Å²) in [5, 5.41) is 4.73. The van der Waals surface area contributed by atoms with Crippen molar-refractivity contribution in [2.45, 2.75) is 0 Å². The summed E-state index contributed by atoms with van der Waals surface area (Å²) in [4.78, 5) is 16.1. The summed E-state index contributed by atoms with van der Waals surface area (Å²) in [6, 6.07) is 28.9. The zero-order valence-electron chi connectivity index (χ0n) is 15.5. The van der Waals surface area contributed by atoms with Crippen molar-refractivity contribution < 1.29 is 4.79 Å². The second-order valence-corrected chi connectivity index (χ2v) is 6.89. The highest BCUT2D eigenvalue weighted by Crippen LogP contribution is 2.29. The normalized spacial score (nSPS) is 10.9. The second kappa shape index (κ2) is 8.59. The number of carbonyl (C=O) groups excluding carboxylic acids is 1. The highest BCUT2D eigenvalue weighted by molar-refractivity contribution is 6.30. The van der Waals surface area contributed by atoms with Crippen LogP contribution in [0, 0.1) is 0 Å². The molecule has 1 amide bonds. The van der Waals surface area contributed by atoms with E-state index < -0.39 is 0 Å². The monoisotopic (exact) mass is 399 g/mol. The van der Waals surface area contributed by atoms with Gasteiger partial charge in [-0.25, -0.2) is 5.43 Å². The van der Waals surface area contributed by atoms with Crippen molar-refractivity contribution in [1.29, 1.82) is 0 Å². The van der Waals surface area contributed by atoms with Gasteiger partial charge in [-0.1, -0.05) is 84.4 Å². The van der Waals surface area contributed by atoms with Gasteiger partial charge >= 0.3 is 0 Å². The molecule has 29 heavy (non-hydrogen) atoms. The SMILES string of the molecule is O=C(N/N=C/c1ccc(Cl)cc1)c1[nH]c(-c2ccccc2)cc1-c1ccccc1. The average molecular weight is 400 g/mol. The number of halogens is 1. The van der Waals surface area contributed by atoms with Crippen LogP contribution in [0.1, 0.15) is 16.1 Å². The maximum atomic E-state index is 12.9. The summed E-state index contributed by atoms with van der Waals surface area (Å²) in [6.45, 7) is 0. The lowest BCUT2D eigenvalue weighted by Crippen LogP contribution is -2.18. The minimum Gasteiger partial charge on any atom is -0.350 e. The van der Waals surface area contributed by atoms with E-state index in [9.17, 15) is 4.79 Å². The predicted octanol–water partition coefficient (Wildman–Crippen LogP) is 5.77. The van der Waals surface area contributed by atoms with Crippen LogP contribution in [0.4, 0.5) is 0 Å². The Kier molecular flexibility index (Phi) is 5.54. The van der Waals surface area contributed by atoms with Gasteiger partial charge in [0.1, 0.15) is 5.69 Å². The zero-order chi connectivity index (χ0) is 20.1. The van der Waals surface area contributed by atoms with Crippen LogP contribution in [0.25, 0.3) is 22.4 Å². The van der Waals surface area contributed by atoms with E-state index in [-0.39, 0.29) is 5.91 Å². The molecule has 0 bridgehead atoms. The summed E-state index contributed by atoms with van der Waals surface area (Å²) in [6.07, 6.45) is 1.58. The van der Waals surface area contributed by atoms with E-state index in [1.54, 1.807) is 18.3 Å². The van der Waals surface area contributed by atoms with Crippen LogP contribution in [0.15, 0.2) is 96.1 Å². The number of aromatic nitrogens is 1. The molecule has 1 aromatic heterocycles. The minimum absolute atomic E-state index is 0.309. The Balaban J connectivity index is 1.63. The van der Waals surface area contributed by atoms with E-state index in [0.717, 1.165) is 27.9 Å². The Hall–Kier alpha value is -3.63. The molecule has 0 unspecified atom stereocenters. The van der Waals surface area contributed by atoms with Gasteiger partial charge in [-0.2, -0.15) is 5.10 Å². The van der Waals surface area contributed by atoms with Gasteiger partial charge in [-0.05, 0) is 34.9 Å². The van der Waals surface area contributed by atoms with Crippen LogP contribution >= 0.6 is 11.6 Å². The molecule has 0 saturated carbocycles. The zero-order valence-corrected chi connectivity index (χ0v) is 16.2. The van der Waals surface area contributed by atoms with Crippen molar-refractivity contribution in [3.8, 4) is 22.4 Å². The Morgan fingerprint density at radius 2 is 1.48 bits per heavy atom. The number of carbonyl (C=O) groups is 1. The number of hydrogen-bond donors (Lipinski definition) is 2. The largest absolute Gasteiger partial charge is 0.350 e. The van der Waals surface area contributed by atoms with Crippen molar-refractivity contribution in [1.82, 2.24) is 10.4 Å². The Morgan fingerprint density at radius 1 is 0.862 bits per heavy atom. The summed E-state index contributed by atoms with van der Waals surface area (Å²) < 4.78 is 0. The number of nitrogens with one attached hydrogen (secondary N) is 2. The van der Waals surface area contributed by atoms with Gasteiger partial charge in [0.15, 0.2) is 0 Å². The molecule has 0 atom stereocenters. The van der Waals surface area contributed by atoms with Crippen molar-refractivity contribution >= 4 is 23.7 Å². The first-order valence-electron chi connectivity index (χ1n) is 9.13. The van der Waals surface area contributed by atoms with E-state index in [4.69, 9.17) is 11.6 Å². The van der Waals surface area contributed by atoms with Crippen molar-refractivity contribution in [3.63, 3.8) is 0 Å². The quantitative estimate of drug-likeness (QED) is 0.325. The van der Waals surface area contributed by atoms with Crippen LogP contribution < -0.4 is 5.43 Å². The average Bonchev–Trinajstić information content (AvgIpc) is 3.22. The molecule has 4 aromatic rings. The van der Waals surface area contributed by atoms with E-state index in [1.165, 1.54) is 0 Å². The number of benzene rings is 3. The highest BCUT2D eigenvalue weighted by atomic mass is 35.5. The Morgan fingerprint density at radius 3 is 2.14 bits per heavy atom. The van der Waals surface area contributed by atoms with Crippen molar-refractivity contribution in [2.75, 3.05) is 0 Å². The first kappa shape index (κ1) is 18.7. The smallest absolute Gasteiger partial charge is 0.288 e. The molecule has 0 radical (unpaired) electrons. The number of hydrogen-bond acceptors (Lipinski definition) is 2. The molecule has 3 aromatic carbocycles. The molecule has 1 heterocycles. The number of hydrazone groups is 1. The van der Waals surface area contributed by atoms with E-state index in [1.807, 2.05) is 78.9 Å². The van der Waals surface area contributed by atoms with Gasteiger partial charge < -0.3 is 4.98 Å². The fraction of sp³-hybridized carbons (Fsp3) is 0. The molecule has 0 fully saturated rings. The lowest BCUT2D eigenvalue weighted by Gasteiger charge is -2.03. The van der Waals surface area contributed by atoms with Gasteiger partial charge in [-0.15, -0.1) is 0 Å². The van der Waals surface area contributed by atoms with Gasteiger partial charge in [0.25, 0.3) is 5.91 Å². The molecule has 0 aliphatic carbocycles. The number of aromatic amines is 1. The first-order chi connectivity index (χ1) is 14.2. The molecular weight excluding hydrogens is 382 g/mol. The topological polar surface area (TPSA) is 57.2 Å². The minimum atomic E-state index is -0.309. The third kappa shape index (κ3) is 4.45. The van der Waals surface area contributed by atoms with Crippen molar-refractivity contribution in [3.05, 3.63) is 107 Å². The third-order valence-corrected chi connectivity index (χ3v) is 4.72. The van der Waals surface area contributed by atoms with Gasteiger partial charge in [-0.3, -0.25) is 4.79 Å². The molecule has 0 aliphatic heterocycles.